The van der Waals surface area contributed by atoms with Gasteiger partial charge in [0.2, 0.25) is 17.7 Å². The number of carbonyl (C=O) groups is 3. The van der Waals surface area contributed by atoms with Gasteiger partial charge in [0.05, 0.1) is 5.41 Å². The highest BCUT2D eigenvalue weighted by Crippen LogP contribution is 2.59. The molecule has 1 heterocycles. The van der Waals surface area contributed by atoms with E-state index in [0.717, 1.165) is 38.5 Å². The van der Waals surface area contributed by atoms with E-state index in [9.17, 15) is 14.4 Å². The highest BCUT2D eigenvalue weighted by molar-refractivity contribution is 6.06. The Morgan fingerprint density at radius 3 is 2.33 bits per heavy atom. The smallest absolute Gasteiger partial charge is 0.240 e. The second-order valence-electron chi connectivity index (χ2n) is 8.63. The van der Waals surface area contributed by atoms with Crippen LogP contribution in [0.15, 0.2) is 0 Å². The van der Waals surface area contributed by atoms with Crippen molar-refractivity contribution < 1.29 is 14.4 Å². The fourth-order valence-corrected chi connectivity index (χ4v) is 4.89. The number of piperidine rings is 1. The SMILES string of the molecule is CC12CCC(C(=O)N(CC(=O)NC3CCCCCC3)C1=O)C2(C)C. The van der Waals surface area contributed by atoms with Crippen molar-refractivity contribution in [3.05, 3.63) is 0 Å². The van der Waals surface area contributed by atoms with Crippen molar-refractivity contribution in [2.45, 2.75) is 78.2 Å². The van der Waals surface area contributed by atoms with E-state index in [1.54, 1.807) is 0 Å². The molecule has 3 rings (SSSR count). The molecule has 3 amide bonds. The molecule has 2 unspecified atom stereocenters. The molecule has 0 aromatic rings. The molecule has 24 heavy (non-hydrogen) atoms. The number of likely N-dealkylation sites (tertiary alicyclic amines) is 1. The summed E-state index contributed by atoms with van der Waals surface area (Å²) in [7, 11) is 0. The molecule has 5 nitrogen and oxygen atoms in total. The zero-order chi connectivity index (χ0) is 17.5. The second-order valence-corrected chi connectivity index (χ2v) is 8.63. The van der Waals surface area contributed by atoms with Gasteiger partial charge in [0.1, 0.15) is 6.54 Å². The number of imide groups is 1. The summed E-state index contributed by atoms with van der Waals surface area (Å²) in [6.07, 6.45) is 8.21. The number of carbonyl (C=O) groups excluding carboxylic acids is 3. The van der Waals surface area contributed by atoms with E-state index in [-0.39, 0.29) is 41.6 Å². The van der Waals surface area contributed by atoms with E-state index >= 15 is 0 Å². The minimum atomic E-state index is -0.534. The lowest BCUT2D eigenvalue weighted by atomic mass is 9.62. The van der Waals surface area contributed by atoms with Crippen LogP contribution >= 0.6 is 0 Å². The van der Waals surface area contributed by atoms with Crippen molar-refractivity contribution in [1.82, 2.24) is 10.2 Å². The molecule has 1 N–H and O–H groups in total. The van der Waals surface area contributed by atoms with Crippen molar-refractivity contribution in [2.24, 2.45) is 16.7 Å². The number of nitrogens with one attached hydrogen (secondary N) is 1. The predicted octanol–water partition coefficient (Wildman–Crippen LogP) is 2.64. The standard InChI is InChI=1S/C19H30N2O3/c1-18(2)14-10-11-19(18,3)17(24)21(16(14)23)12-15(22)20-13-8-6-4-5-7-9-13/h13-14H,4-12H2,1-3H3,(H,20,22). The van der Waals surface area contributed by atoms with Gasteiger partial charge < -0.3 is 5.32 Å². The van der Waals surface area contributed by atoms with Gasteiger partial charge >= 0.3 is 0 Å². The fourth-order valence-electron chi connectivity index (χ4n) is 4.89. The Hall–Kier alpha value is -1.39. The first-order valence-electron chi connectivity index (χ1n) is 9.42. The van der Waals surface area contributed by atoms with Crippen LogP contribution in [-0.2, 0) is 14.4 Å². The molecule has 0 aromatic heterocycles. The number of nitrogens with zero attached hydrogens (tertiary/aromatic N) is 1. The summed E-state index contributed by atoms with van der Waals surface area (Å²) in [6, 6.07) is 0.193. The van der Waals surface area contributed by atoms with Crippen LogP contribution < -0.4 is 5.32 Å². The second kappa shape index (κ2) is 6.16. The Labute approximate surface area is 144 Å². The topological polar surface area (TPSA) is 66.5 Å². The summed E-state index contributed by atoms with van der Waals surface area (Å²) in [6.45, 7) is 5.88. The summed E-state index contributed by atoms with van der Waals surface area (Å²) >= 11 is 0. The molecular weight excluding hydrogens is 304 g/mol. The average molecular weight is 334 g/mol. The van der Waals surface area contributed by atoms with Crippen molar-refractivity contribution in [3.63, 3.8) is 0 Å². The van der Waals surface area contributed by atoms with Crippen LogP contribution in [0.4, 0.5) is 0 Å². The van der Waals surface area contributed by atoms with Crippen molar-refractivity contribution >= 4 is 17.7 Å². The van der Waals surface area contributed by atoms with Crippen LogP contribution in [0.2, 0.25) is 0 Å². The Morgan fingerprint density at radius 2 is 1.71 bits per heavy atom. The van der Waals surface area contributed by atoms with Gasteiger partial charge in [-0.2, -0.15) is 0 Å². The van der Waals surface area contributed by atoms with Crippen molar-refractivity contribution in [3.8, 4) is 0 Å². The van der Waals surface area contributed by atoms with Gasteiger partial charge in [-0.25, -0.2) is 0 Å². The fraction of sp³-hybridized carbons (Fsp3) is 0.842. The molecule has 2 aliphatic carbocycles. The zero-order valence-corrected chi connectivity index (χ0v) is 15.2. The largest absolute Gasteiger partial charge is 0.352 e. The van der Waals surface area contributed by atoms with Gasteiger partial charge in [0.25, 0.3) is 0 Å². The van der Waals surface area contributed by atoms with E-state index in [1.165, 1.54) is 17.7 Å². The number of amides is 3. The van der Waals surface area contributed by atoms with Crippen molar-refractivity contribution in [2.75, 3.05) is 6.54 Å². The van der Waals surface area contributed by atoms with Crippen LogP contribution in [-0.4, -0.2) is 35.2 Å². The number of hydrogen-bond acceptors (Lipinski definition) is 3. The molecule has 2 bridgehead atoms. The molecule has 0 spiro atoms. The van der Waals surface area contributed by atoms with Gasteiger partial charge in [-0.05, 0) is 31.1 Å². The first-order chi connectivity index (χ1) is 11.3. The highest BCUT2D eigenvalue weighted by Gasteiger charge is 2.64. The molecule has 1 aliphatic heterocycles. The van der Waals surface area contributed by atoms with E-state index < -0.39 is 5.41 Å². The average Bonchev–Trinajstić information content (AvgIpc) is 2.70. The monoisotopic (exact) mass is 334 g/mol. The Balaban J connectivity index is 1.68. The van der Waals surface area contributed by atoms with Crippen LogP contribution in [0.5, 0.6) is 0 Å². The normalized spacial score (nSPS) is 33.5. The van der Waals surface area contributed by atoms with Gasteiger partial charge in [0.15, 0.2) is 0 Å². The lowest BCUT2D eigenvalue weighted by Crippen LogP contribution is -2.60. The maximum atomic E-state index is 12.9. The molecule has 1 saturated heterocycles. The molecule has 3 aliphatic rings. The third-order valence-electron chi connectivity index (χ3n) is 7.03. The maximum absolute atomic E-state index is 12.9. The Bertz CT molecular complexity index is 549. The van der Waals surface area contributed by atoms with Crippen LogP contribution in [0, 0.1) is 16.7 Å². The Kier molecular flexibility index (Phi) is 4.47. The lowest BCUT2D eigenvalue weighted by molar-refractivity contribution is -0.169. The lowest BCUT2D eigenvalue weighted by Gasteiger charge is -2.47. The summed E-state index contributed by atoms with van der Waals surface area (Å²) < 4.78 is 0. The van der Waals surface area contributed by atoms with E-state index in [4.69, 9.17) is 0 Å². The molecule has 0 radical (unpaired) electrons. The van der Waals surface area contributed by atoms with Gasteiger partial charge in [-0.3, -0.25) is 19.3 Å². The Morgan fingerprint density at radius 1 is 1.08 bits per heavy atom. The van der Waals surface area contributed by atoms with Crippen LogP contribution in [0.3, 0.4) is 0 Å². The van der Waals surface area contributed by atoms with Gasteiger partial charge in [-0.1, -0.05) is 46.5 Å². The quantitative estimate of drug-likeness (QED) is 0.637. The van der Waals surface area contributed by atoms with E-state index in [0.29, 0.717) is 0 Å². The first kappa shape index (κ1) is 17.4. The number of hydrogen-bond donors (Lipinski definition) is 1. The zero-order valence-electron chi connectivity index (χ0n) is 15.2. The van der Waals surface area contributed by atoms with Crippen LogP contribution in [0.1, 0.15) is 72.1 Å². The number of rotatable bonds is 3. The number of fused-ring (bicyclic) bond motifs is 2. The summed E-state index contributed by atoms with van der Waals surface area (Å²) in [4.78, 5) is 39.4. The summed E-state index contributed by atoms with van der Waals surface area (Å²) in [5.41, 5.74) is -0.858. The van der Waals surface area contributed by atoms with E-state index in [1.807, 2.05) is 20.8 Å². The summed E-state index contributed by atoms with van der Waals surface area (Å²) in [5, 5.41) is 3.05. The molecular formula is C19H30N2O3. The minimum absolute atomic E-state index is 0.115. The molecule has 0 aromatic carbocycles. The van der Waals surface area contributed by atoms with Crippen molar-refractivity contribution in [1.29, 1.82) is 0 Å². The summed E-state index contributed by atoms with van der Waals surface area (Å²) in [5.74, 6) is -0.657. The third kappa shape index (κ3) is 2.66. The van der Waals surface area contributed by atoms with Gasteiger partial charge in [0, 0.05) is 12.0 Å². The maximum Gasteiger partial charge on any atom is 0.240 e. The molecule has 2 saturated carbocycles. The predicted molar refractivity (Wildman–Crippen MR) is 91.0 cm³/mol. The third-order valence-corrected chi connectivity index (χ3v) is 7.03. The van der Waals surface area contributed by atoms with E-state index in [2.05, 4.69) is 5.32 Å². The molecule has 2 atom stereocenters. The first-order valence-corrected chi connectivity index (χ1v) is 9.42. The molecule has 3 fully saturated rings. The molecule has 134 valence electrons. The van der Waals surface area contributed by atoms with Crippen LogP contribution in [0.25, 0.3) is 0 Å². The van der Waals surface area contributed by atoms with Gasteiger partial charge in [-0.15, -0.1) is 0 Å². The minimum Gasteiger partial charge on any atom is -0.352 e. The molecule has 5 heteroatoms. The highest BCUT2D eigenvalue weighted by atomic mass is 16.2.